The van der Waals surface area contributed by atoms with E-state index in [9.17, 15) is 9.18 Å². The summed E-state index contributed by atoms with van der Waals surface area (Å²) >= 11 is 3.29. The zero-order valence-corrected chi connectivity index (χ0v) is 10.5. The number of rotatable bonds is 2. The summed E-state index contributed by atoms with van der Waals surface area (Å²) in [6.07, 6.45) is 1.45. The molecule has 0 saturated carbocycles. The van der Waals surface area contributed by atoms with Crippen LogP contribution in [-0.4, -0.2) is 22.7 Å². The Labute approximate surface area is 106 Å². The highest BCUT2D eigenvalue weighted by molar-refractivity contribution is 9.10. The van der Waals surface area contributed by atoms with E-state index in [1.807, 2.05) is 0 Å². The molecule has 0 unspecified atom stereocenters. The van der Waals surface area contributed by atoms with Gasteiger partial charge in [-0.25, -0.2) is 9.07 Å². The average molecular weight is 298 g/mol. The normalized spacial score (nSPS) is 10.3. The van der Waals surface area contributed by atoms with E-state index in [1.165, 1.54) is 23.0 Å². The second kappa shape index (κ2) is 4.67. The van der Waals surface area contributed by atoms with Gasteiger partial charge >= 0.3 is 0 Å². The molecule has 0 spiro atoms. The number of nitrogens with zero attached hydrogens (tertiary/aromatic N) is 2. The summed E-state index contributed by atoms with van der Waals surface area (Å²) < 4.78 is 14.8. The summed E-state index contributed by atoms with van der Waals surface area (Å²) in [5, 5.41) is 6.58. The lowest BCUT2D eigenvalue weighted by molar-refractivity contribution is 0.0962. The Morgan fingerprint density at radius 1 is 1.41 bits per heavy atom. The van der Waals surface area contributed by atoms with Crippen LogP contribution in [0.5, 0.6) is 0 Å². The quantitative estimate of drug-likeness (QED) is 0.923. The minimum Gasteiger partial charge on any atom is -0.355 e. The van der Waals surface area contributed by atoms with E-state index in [2.05, 4.69) is 26.3 Å². The molecule has 1 N–H and O–H groups in total. The predicted octanol–water partition coefficient (Wildman–Crippen LogP) is 2.13. The second-order valence-electron chi connectivity index (χ2n) is 3.32. The van der Waals surface area contributed by atoms with Crippen LogP contribution < -0.4 is 5.32 Å². The molecular formula is C11H9BrFN3O. The van der Waals surface area contributed by atoms with Gasteiger partial charge in [0.2, 0.25) is 0 Å². The van der Waals surface area contributed by atoms with Crippen LogP contribution in [-0.2, 0) is 0 Å². The van der Waals surface area contributed by atoms with Crippen LogP contribution in [0.2, 0.25) is 0 Å². The maximum Gasteiger partial charge on any atom is 0.255 e. The zero-order chi connectivity index (χ0) is 12.4. The van der Waals surface area contributed by atoms with Crippen LogP contribution in [0.1, 0.15) is 10.4 Å². The number of halogens is 2. The summed E-state index contributed by atoms with van der Waals surface area (Å²) in [6, 6.07) is 5.84. The molecule has 0 atom stereocenters. The molecule has 17 heavy (non-hydrogen) atoms. The van der Waals surface area contributed by atoms with Crippen LogP contribution >= 0.6 is 15.9 Å². The molecule has 1 aromatic carbocycles. The molecule has 2 aromatic rings. The van der Waals surface area contributed by atoms with Crippen molar-refractivity contribution in [2.75, 3.05) is 7.05 Å². The van der Waals surface area contributed by atoms with E-state index < -0.39 is 0 Å². The molecule has 88 valence electrons. The van der Waals surface area contributed by atoms with E-state index in [0.717, 1.165) is 0 Å². The third-order valence-corrected chi connectivity index (χ3v) is 3.02. The third-order valence-electron chi connectivity index (χ3n) is 2.25. The van der Waals surface area contributed by atoms with Gasteiger partial charge in [-0.15, -0.1) is 0 Å². The van der Waals surface area contributed by atoms with Crippen molar-refractivity contribution in [2.24, 2.45) is 0 Å². The summed E-state index contributed by atoms with van der Waals surface area (Å²) in [4.78, 5) is 11.5. The van der Waals surface area contributed by atoms with E-state index in [4.69, 9.17) is 0 Å². The number of carbonyl (C=O) groups excluding carboxylic acids is 1. The van der Waals surface area contributed by atoms with E-state index in [1.54, 1.807) is 19.2 Å². The largest absolute Gasteiger partial charge is 0.355 e. The number of hydrogen-bond acceptors (Lipinski definition) is 2. The topological polar surface area (TPSA) is 46.9 Å². The Morgan fingerprint density at radius 2 is 2.06 bits per heavy atom. The zero-order valence-electron chi connectivity index (χ0n) is 8.95. The van der Waals surface area contributed by atoms with E-state index in [0.29, 0.717) is 15.9 Å². The highest BCUT2D eigenvalue weighted by atomic mass is 79.9. The van der Waals surface area contributed by atoms with E-state index >= 15 is 0 Å². The smallest absolute Gasteiger partial charge is 0.255 e. The van der Waals surface area contributed by atoms with Gasteiger partial charge in [0, 0.05) is 7.05 Å². The highest BCUT2D eigenvalue weighted by Gasteiger charge is 2.14. The Hall–Kier alpha value is -1.69. The Bertz CT molecular complexity index is 550. The van der Waals surface area contributed by atoms with Gasteiger partial charge in [0.15, 0.2) is 0 Å². The number of carbonyl (C=O) groups is 1. The molecule has 4 nitrogen and oxygen atoms in total. The Kier molecular flexibility index (Phi) is 3.23. The van der Waals surface area contributed by atoms with Crippen molar-refractivity contribution < 1.29 is 9.18 Å². The molecule has 0 aliphatic heterocycles. The first-order valence-corrected chi connectivity index (χ1v) is 5.64. The molecular weight excluding hydrogens is 289 g/mol. The molecule has 2 rings (SSSR count). The second-order valence-corrected chi connectivity index (χ2v) is 4.07. The van der Waals surface area contributed by atoms with Crippen LogP contribution in [0.25, 0.3) is 5.69 Å². The minimum atomic E-state index is -0.316. The summed E-state index contributed by atoms with van der Waals surface area (Å²) in [7, 11) is 1.55. The molecule has 0 radical (unpaired) electrons. The van der Waals surface area contributed by atoms with Crippen molar-refractivity contribution in [2.45, 2.75) is 0 Å². The molecule has 0 aliphatic rings. The van der Waals surface area contributed by atoms with Crippen molar-refractivity contribution in [3.05, 3.63) is 46.4 Å². The van der Waals surface area contributed by atoms with Crippen molar-refractivity contribution in [1.82, 2.24) is 15.1 Å². The van der Waals surface area contributed by atoms with Gasteiger partial charge < -0.3 is 5.32 Å². The lowest BCUT2D eigenvalue weighted by atomic mass is 10.3. The molecule has 6 heteroatoms. The van der Waals surface area contributed by atoms with Crippen LogP contribution in [0.3, 0.4) is 0 Å². The van der Waals surface area contributed by atoms with Gasteiger partial charge in [-0.05, 0) is 40.2 Å². The van der Waals surface area contributed by atoms with Crippen molar-refractivity contribution in [1.29, 1.82) is 0 Å². The van der Waals surface area contributed by atoms with Gasteiger partial charge in [-0.1, -0.05) is 0 Å². The van der Waals surface area contributed by atoms with Crippen LogP contribution in [0.15, 0.2) is 35.1 Å². The lowest BCUT2D eigenvalue weighted by Gasteiger charge is -2.03. The Morgan fingerprint density at radius 3 is 2.65 bits per heavy atom. The standard InChI is InChI=1S/C11H9BrFN3O/c1-14-11(17)9-6-15-16(10(9)12)8-4-2-7(13)3-5-8/h2-6H,1H3,(H,14,17). The van der Waals surface area contributed by atoms with Crippen molar-refractivity contribution in [3.8, 4) is 5.69 Å². The van der Waals surface area contributed by atoms with Crippen molar-refractivity contribution >= 4 is 21.8 Å². The van der Waals surface area contributed by atoms with E-state index in [-0.39, 0.29) is 11.7 Å². The first kappa shape index (κ1) is 11.8. The van der Waals surface area contributed by atoms with Gasteiger partial charge in [-0.3, -0.25) is 4.79 Å². The first-order valence-electron chi connectivity index (χ1n) is 4.85. The monoisotopic (exact) mass is 297 g/mol. The number of benzene rings is 1. The maximum atomic E-state index is 12.8. The van der Waals surface area contributed by atoms with Gasteiger partial charge in [0.1, 0.15) is 10.4 Å². The lowest BCUT2D eigenvalue weighted by Crippen LogP contribution is -2.17. The fourth-order valence-corrected chi connectivity index (χ4v) is 1.96. The third kappa shape index (κ3) is 2.21. The summed E-state index contributed by atoms with van der Waals surface area (Å²) in [5.74, 6) is -0.547. The molecule has 1 amide bonds. The number of aromatic nitrogens is 2. The molecule has 0 bridgehead atoms. The van der Waals surface area contributed by atoms with Crippen molar-refractivity contribution in [3.63, 3.8) is 0 Å². The SMILES string of the molecule is CNC(=O)c1cnn(-c2ccc(F)cc2)c1Br. The van der Waals surface area contributed by atoms with Gasteiger partial charge in [-0.2, -0.15) is 5.10 Å². The number of nitrogens with one attached hydrogen (secondary N) is 1. The fourth-order valence-electron chi connectivity index (χ4n) is 1.38. The molecule has 1 aromatic heterocycles. The molecule has 0 fully saturated rings. The Balaban J connectivity index is 2.44. The number of hydrogen-bond donors (Lipinski definition) is 1. The number of amides is 1. The van der Waals surface area contributed by atoms with Gasteiger partial charge in [0.05, 0.1) is 17.4 Å². The minimum absolute atomic E-state index is 0.231. The van der Waals surface area contributed by atoms with Crippen LogP contribution in [0.4, 0.5) is 4.39 Å². The predicted molar refractivity (Wildman–Crippen MR) is 64.6 cm³/mol. The average Bonchev–Trinajstić information content (AvgIpc) is 2.71. The summed E-state index contributed by atoms with van der Waals surface area (Å²) in [6.45, 7) is 0. The molecule has 0 saturated heterocycles. The van der Waals surface area contributed by atoms with Crippen LogP contribution in [0, 0.1) is 5.82 Å². The summed E-state index contributed by atoms with van der Waals surface area (Å²) in [5.41, 5.74) is 1.10. The molecule has 1 heterocycles. The highest BCUT2D eigenvalue weighted by Crippen LogP contribution is 2.20. The maximum absolute atomic E-state index is 12.8. The first-order chi connectivity index (χ1) is 8.13. The fraction of sp³-hybridized carbons (Fsp3) is 0.0909. The molecule has 0 aliphatic carbocycles. The van der Waals surface area contributed by atoms with Gasteiger partial charge in [0.25, 0.3) is 5.91 Å².